The van der Waals surface area contributed by atoms with Gasteiger partial charge in [-0.25, -0.2) is 4.79 Å². The van der Waals surface area contributed by atoms with Crippen molar-refractivity contribution < 1.29 is 4.79 Å². The molecule has 1 aliphatic heterocycles. The number of carbonyl (C=O) groups is 1. The molecule has 2 N–H and O–H groups in total. The number of aromatic amines is 1. The van der Waals surface area contributed by atoms with Gasteiger partial charge in [-0.05, 0) is 19.1 Å². The van der Waals surface area contributed by atoms with E-state index in [1.807, 2.05) is 31.2 Å². The molecular weight excluding hydrogens is 320 g/mol. The van der Waals surface area contributed by atoms with E-state index < -0.39 is 0 Å². The first-order valence-electron chi connectivity index (χ1n) is 8.45. The van der Waals surface area contributed by atoms with E-state index in [-0.39, 0.29) is 18.0 Å². The molecule has 4 rings (SSSR count). The molecule has 1 unspecified atom stereocenters. The van der Waals surface area contributed by atoms with Crippen molar-refractivity contribution in [2.24, 2.45) is 5.92 Å². The predicted molar refractivity (Wildman–Crippen MR) is 92.1 cm³/mol. The smallest absolute Gasteiger partial charge is 0.326 e. The molecule has 8 heteroatoms. The molecule has 0 saturated carbocycles. The monoisotopic (exact) mass is 340 g/mol. The molecule has 3 aromatic rings. The summed E-state index contributed by atoms with van der Waals surface area (Å²) in [6.07, 6.45) is 1.11. The van der Waals surface area contributed by atoms with E-state index in [2.05, 4.69) is 25.1 Å². The Labute approximate surface area is 143 Å². The molecule has 1 atom stereocenters. The number of fused-ring (bicyclic) bond motifs is 2. The average Bonchev–Trinajstić information content (AvgIpc) is 3.25. The van der Waals surface area contributed by atoms with Gasteiger partial charge in [0.15, 0.2) is 0 Å². The number of amides is 1. The Hall–Kier alpha value is -2.90. The summed E-state index contributed by atoms with van der Waals surface area (Å²) in [5.41, 5.74) is 1.43. The fourth-order valence-electron chi connectivity index (χ4n) is 3.42. The number of H-pyrrole nitrogens is 1. The van der Waals surface area contributed by atoms with Gasteiger partial charge in [0.05, 0.1) is 11.0 Å². The average molecular weight is 340 g/mol. The lowest BCUT2D eigenvalue weighted by molar-refractivity contribution is -0.121. The number of nitrogens with zero attached hydrogens (tertiary/aromatic N) is 4. The molecule has 25 heavy (non-hydrogen) atoms. The quantitative estimate of drug-likeness (QED) is 0.711. The number of hydrogen-bond donors (Lipinski definition) is 2. The minimum atomic E-state index is -0.182. The first kappa shape index (κ1) is 15.6. The highest BCUT2D eigenvalue weighted by molar-refractivity contribution is 5.77. The Balaban J connectivity index is 1.31. The van der Waals surface area contributed by atoms with E-state index in [0.717, 1.165) is 35.6 Å². The van der Waals surface area contributed by atoms with Gasteiger partial charge in [-0.1, -0.05) is 12.1 Å². The minimum absolute atomic E-state index is 0.0448. The second-order valence-corrected chi connectivity index (χ2v) is 6.50. The second kappa shape index (κ2) is 6.19. The number of nitrogens with one attached hydrogen (secondary N) is 2. The van der Waals surface area contributed by atoms with E-state index in [4.69, 9.17) is 0 Å². The summed E-state index contributed by atoms with van der Waals surface area (Å²) in [4.78, 5) is 27.0. The van der Waals surface area contributed by atoms with Gasteiger partial charge in [0.1, 0.15) is 11.6 Å². The molecule has 1 aromatic carbocycles. The summed E-state index contributed by atoms with van der Waals surface area (Å²) >= 11 is 0. The third kappa shape index (κ3) is 2.95. The van der Waals surface area contributed by atoms with E-state index in [1.54, 1.807) is 4.57 Å². The highest BCUT2D eigenvalue weighted by atomic mass is 16.2. The van der Waals surface area contributed by atoms with Crippen LogP contribution in [0.4, 0.5) is 0 Å². The minimum Gasteiger partial charge on any atom is -0.356 e. The van der Waals surface area contributed by atoms with Crippen molar-refractivity contribution in [1.82, 2.24) is 29.6 Å². The number of para-hydroxylation sites is 2. The maximum atomic E-state index is 12.1. The zero-order valence-corrected chi connectivity index (χ0v) is 14.0. The highest BCUT2D eigenvalue weighted by Gasteiger charge is 2.24. The van der Waals surface area contributed by atoms with Crippen molar-refractivity contribution in [3.63, 3.8) is 0 Å². The van der Waals surface area contributed by atoms with Crippen LogP contribution in [-0.4, -0.2) is 36.8 Å². The topological polar surface area (TPSA) is 97.6 Å². The van der Waals surface area contributed by atoms with E-state index in [0.29, 0.717) is 19.0 Å². The molecule has 0 saturated heterocycles. The number of carbonyl (C=O) groups excluding carboxylic acids is 1. The summed E-state index contributed by atoms with van der Waals surface area (Å²) in [6.45, 7) is 3.76. The fourth-order valence-corrected chi connectivity index (χ4v) is 3.42. The summed E-state index contributed by atoms with van der Waals surface area (Å²) in [5, 5.41) is 11.2. The summed E-state index contributed by atoms with van der Waals surface area (Å²) < 4.78 is 3.71. The van der Waals surface area contributed by atoms with E-state index in [1.165, 1.54) is 0 Å². The Morgan fingerprint density at radius 2 is 2.20 bits per heavy atom. The number of aryl methyl sites for hydroxylation is 2. The van der Waals surface area contributed by atoms with Crippen LogP contribution in [0.5, 0.6) is 0 Å². The van der Waals surface area contributed by atoms with Gasteiger partial charge in [-0.3, -0.25) is 9.36 Å². The largest absolute Gasteiger partial charge is 0.356 e. The van der Waals surface area contributed by atoms with Crippen LogP contribution in [0.2, 0.25) is 0 Å². The summed E-state index contributed by atoms with van der Waals surface area (Å²) in [5.74, 6) is 2.21. The second-order valence-electron chi connectivity index (χ2n) is 6.50. The molecule has 130 valence electrons. The van der Waals surface area contributed by atoms with E-state index >= 15 is 0 Å². The van der Waals surface area contributed by atoms with Crippen LogP contribution in [0.25, 0.3) is 11.0 Å². The van der Waals surface area contributed by atoms with Gasteiger partial charge in [-0.15, -0.1) is 10.2 Å². The Bertz CT molecular complexity index is 983. The molecule has 8 nitrogen and oxygen atoms in total. The number of imidazole rings is 1. The highest BCUT2D eigenvalue weighted by Crippen LogP contribution is 2.19. The predicted octanol–water partition coefficient (Wildman–Crippen LogP) is 0.608. The molecule has 0 radical (unpaired) electrons. The standard InChI is InChI=1S/C17H20N6O2/c1-11-20-21-15-8-12(10-23(11)15)9-18-16(24)6-7-22-14-5-3-2-4-13(14)19-17(22)25/h2-5,12H,6-10H2,1H3,(H,18,24)(H,19,25). The van der Waals surface area contributed by atoms with Crippen molar-refractivity contribution in [1.29, 1.82) is 0 Å². The van der Waals surface area contributed by atoms with Crippen molar-refractivity contribution in [2.75, 3.05) is 6.54 Å². The normalized spacial score (nSPS) is 16.3. The first-order chi connectivity index (χ1) is 12.1. The molecule has 0 bridgehead atoms. The molecule has 0 spiro atoms. The molecule has 1 amide bonds. The van der Waals surface area contributed by atoms with E-state index in [9.17, 15) is 9.59 Å². The maximum absolute atomic E-state index is 12.1. The summed E-state index contributed by atoms with van der Waals surface area (Å²) in [6, 6.07) is 7.49. The molecule has 3 heterocycles. The Morgan fingerprint density at radius 3 is 3.04 bits per heavy atom. The third-order valence-corrected chi connectivity index (χ3v) is 4.76. The number of aromatic nitrogens is 5. The molecule has 2 aromatic heterocycles. The Morgan fingerprint density at radius 1 is 1.36 bits per heavy atom. The third-order valence-electron chi connectivity index (χ3n) is 4.76. The fraction of sp³-hybridized carbons (Fsp3) is 0.412. The van der Waals surface area contributed by atoms with Crippen LogP contribution in [-0.2, 0) is 24.3 Å². The van der Waals surface area contributed by atoms with Gasteiger partial charge in [0.2, 0.25) is 5.91 Å². The lowest BCUT2D eigenvalue weighted by Crippen LogP contribution is -2.31. The number of benzene rings is 1. The van der Waals surface area contributed by atoms with Crippen molar-refractivity contribution >= 4 is 16.9 Å². The first-order valence-corrected chi connectivity index (χ1v) is 8.45. The summed E-state index contributed by atoms with van der Waals surface area (Å²) in [7, 11) is 0. The SMILES string of the molecule is Cc1nnc2n1CC(CNC(=O)CCn1c(=O)[nH]c3ccccc31)C2. The van der Waals surface area contributed by atoms with Crippen LogP contribution in [0.3, 0.4) is 0 Å². The van der Waals surface area contributed by atoms with Crippen molar-refractivity contribution in [2.45, 2.75) is 32.9 Å². The number of rotatable bonds is 5. The van der Waals surface area contributed by atoms with Gasteiger partial charge >= 0.3 is 5.69 Å². The van der Waals surface area contributed by atoms with Crippen LogP contribution >= 0.6 is 0 Å². The lowest BCUT2D eigenvalue weighted by Gasteiger charge is -2.11. The molecule has 1 aliphatic rings. The molecule has 0 fully saturated rings. The van der Waals surface area contributed by atoms with Crippen LogP contribution in [0, 0.1) is 12.8 Å². The van der Waals surface area contributed by atoms with Crippen molar-refractivity contribution in [3.8, 4) is 0 Å². The maximum Gasteiger partial charge on any atom is 0.326 e. The van der Waals surface area contributed by atoms with Gasteiger partial charge < -0.3 is 14.9 Å². The zero-order valence-electron chi connectivity index (χ0n) is 14.0. The number of hydrogen-bond acceptors (Lipinski definition) is 4. The van der Waals surface area contributed by atoms with Crippen LogP contribution in [0.1, 0.15) is 18.1 Å². The van der Waals surface area contributed by atoms with Gasteiger partial charge in [0.25, 0.3) is 0 Å². The zero-order chi connectivity index (χ0) is 17.4. The lowest BCUT2D eigenvalue weighted by atomic mass is 10.1. The van der Waals surface area contributed by atoms with Crippen LogP contribution < -0.4 is 11.0 Å². The van der Waals surface area contributed by atoms with Gasteiger partial charge in [-0.2, -0.15) is 0 Å². The van der Waals surface area contributed by atoms with Gasteiger partial charge in [0, 0.05) is 38.4 Å². The Kier molecular flexibility index (Phi) is 3.87. The van der Waals surface area contributed by atoms with Crippen molar-refractivity contribution in [3.05, 3.63) is 46.4 Å². The molecular formula is C17H20N6O2. The molecule has 0 aliphatic carbocycles. The van der Waals surface area contributed by atoms with Crippen LogP contribution in [0.15, 0.2) is 29.1 Å².